The van der Waals surface area contributed by atoms with Gasteiger partial charge < -0.3 is 25.0 Å². The van der Waals surface area contributed by atoms with Gasteiger partial charge in [0.25, 0.3) is 0 Å². The number of rotatable bonds is 7. The standard InChI is InChI=1S/C20H29N5O2S/c1-14-5-6-15(18(9-14)27-17-7-8-26-12-17)10-22-19(21-2)23-11-16-13-28-20(24-16)25(3)4/h5-6,9,13,17H,7-8,10-12H2,1-4H3,(H2,21,22,23). The van der Waals surface area contributed by atoms with Crippen LogP contribution in [0, 0.1) is 6.92 Å². The minimum atomic E-state index is 0.133. The van der Waals surface area contributed by atoms with Gasteiger partial charge in [0.05, 0.1) is 25.5 Å². The van der Waals surface area contributed by atoms with Crippen LogP contribution < -0.4 is 20.3 Å². The van der Waals surface area contributed by atoms with E-state index in [1.54, 1.807) is 18.4 Å². The van der Waals surface area contributed by atoms with Crippen molar-refractivity contribution in [3.63, 3.8) is 0 Å². The number of hydrogen-bond acceptors (Lipinski definition) is 6. The summed E-state index contributed by atoms with van der Waals surface area (Å²) in [6.07, 6.45) is 1.07. The van der Waals surface area contributed by atoms with Crippen molar-refractivity contribution in [2.75, 3.05) is 39.3 Å². The third kappa shape index (κ3) is 5.59. The van der Waals surface area contributed by atoms with Crippen molar-refractivity contribution in [1.82, 2.24) is 15.6 Å². The predicted molar refractivity (Wildman–Crippen MR) is 115 cm³/mol. The Morgan fingerprint density at radius 1 is 1.36 bits per heavy atom. The SMILES string of the molecule is CN=C(NCc1csc(N(C)C)n1)NCc1ccc(C)cc1OC1CCOC1. The molecule has 1 fully saturated rings. The molecular weight excluding hydrogens is 374 g/mol. The molecule has 1 saturated heterocycles. The van der Waals surface area contributed by atoms with Crippen LogP contribution in [-0.2, 0) is 17.8 Å². The first-order valence-electron chi connectivity index (χ1n) is 9.45. The van der Waals surface area contributed by atoms with E-state index >= 15 is 0 Å². The number of benzene rings is 1. The molecule has 0 spiro atoms. The molecule has 0 amide bonds. The summed E-state index contributed by atoms with van der Waals surface area (Å²) in [5.74, 6) is 1.64. The minimum Gasteiger partial charge on any atom is -0.488 e. The summed E-state index contributed by atoms with van der Waals surface area (Å²) >= 11 is 1.63. The molecule has 2 N–H and O–H groups in total. The highest BCUT2D eigenvalue weighted by molar-refractivity contribution is 7.13. The van der Waals surface area contributed by atoms with E-state index in [0.29, 0.717) is 19.7 Å². The molecule has 1 aliphatic rings. The van der Waals surface area contributed by atoms with Crippen molar-refractivity contribution in [2.24, 2.45) is 4.99 Å². The Morgan fingerprint density at radius 3 is 2.86 bits per heavy atom. The highest BCUT2D eigenvalue weighted by atomic mass is 32.1. The Morgan fingerprint density at radius 2 is 2.18 bits per heavy atom. The second-order valence-electron chi connectivity index (χ2n) is 7.01. The molecule has 1 aromatic heterocycles. The van der Waals surface area contributed by atoms with Gasteiger partial charge in [-0.25, -0.2) is 4.98 Å². The molecule has 7 nitrogen and oxygen atoms in total. The third-order valence-electron chi connectivity index (χ3n) is 4.43. The molecule has 1 atom stereocenters. The first kappa shape index (κ1) is 20.4. The topological polar surface area (TPSA) is 71.0 Å². The van der Waals surface area contributed by atoms with Gasteiger partial charge in [0.15, 0.2) is 11.1 Å². The maximum Gasteiger partial charge on any atom is 0.191 e. The number of aliphatic imine (C=N–C) groups is 1. The number of anilines is 1. The molecular formula is C20H29N5O2S. The number of ether oxygens (including phenoxy) is 2. The van der Waals surface area contributed by atoms with Gasteiger partial charge in [-0.05, 0) is 18.6 Å². The smallest absolute Gasteiger partial charge is 0.191 e. The summed E-state index contributed by atoms with van der Waals surface area (Å²) in [4.78, 5) is 10.9. The van der Waals surface area contributed by atoms with E-state index in [1.165, 1.54) is 5.56 Å². The molecule has 2 heterocycles. The van der Waals surface area contributed by atoms with Crippen LogP contribution in [0.2, 0.25) is 0 Å². The minimum absolute atomic E-state index is 0.133. The Hall–Kier alpha value is -2.32. The normalized spacial score (nSPS) is 16.9. The van der Waals surface area contributed by atoms with E-state index in [1.807, 2.05) is 19.0 Å². The first-order chi connectivity index (χ1) is 13.5. The molecule has 2 aromatic rings. The average molecular weight is 404 g/mol. The molecule has 1 aliphatic heterocycles. The summed E-state index contributed by atoms with van der Waals surface area (Å²) in [6, 6.07) is 6.29. The van der Waals surface area contributed by atoms with Crippen LogP contribution in [0.15, 0.2) is 28.6 Å². The summed E-state index contributed by atoms with van der Waals surface area (Å²) in [5, 5.41) is 9.74. The van der Waals surface area contributed by atoms with Gasteiger partial charge in [0.2, 0.25) is 0 Å². The number of thiazole rings is 1. The van der Waals surface area contributed by atoms with E-state index in [0.717, 1.165) is 41.1 Å². The average Bonchev–Trinajstić information content (AvgIpc) is 3.35. The van der Waals surface area contributed by atoms with Crippen molar-refractivity contribution in [2.45, 2.75) is 32.5 Å². The van der Waals surface area contributed by atoms with Crippen LogP contribution in [0.1, 0.15) is 23.2 Å². The zero-order valence-electron chi connectivity index (χ0n) is 17.0. The maximum atomic E-state index is 6.17. The molecule has 28 heavy (non-hydrogen) atoms. The fourth-order valence-corrected chi connectivity index (χ4v) is 3.62. The van der Waals surface area contributed by atoms with E-state index in [-0.39, 0.29) is 6.10 Å². The summed E-state index contributed by atoms with van der Waals surface area (Å²) in [5.41, 5.74) is 3.28. The second-order valence-corrected chi connectivity index (χ2v) is 7.85. The molecule has 152 valence electrons. The summed E-state index contributed by atoms with van der Waals surface area (Å²) in [6.45, 7) is 4.76. The molecule has 0 bridgehead atoms. The van der Waals surface area contributed by atoms with Crippen LogP contribution in [0.4, 0.5) is 5.13 Å². The number of aryl methyl sites for hydroxylation is 1. The molecule has 0 saturated carbocycles. The zero-order valence-corrected chi connectivity index (χ0v) is 17.8. The number of hydrogen-bond donors (Lipinski definition) is 2. The van der Waals surface area contributed by atoms with Gasteiger partial charge in [-0.1, -0.05) is 12.1 Å². The molecule has 3 rings (SSSR count). The predicted octanol–water partition coefficient (Wildman–Crippen LogP) is 2.55. The quantitative estimate of drug-likeness (QED) is 0.547. The van der Waals surface area contributed by atoms with Crippen LogP contribution in [0.25, 0.3) is 0 Å². The Kier molecular flexibility index (Phi) is 7.11. The summed E-state index contributed by atoms with van der Waals surface area (Å²) < 4.78 is 11.6. The number of nitrogens with one attached hydrogen (secondary N) is 2. The second kappa shape index (κ2) is 9.75. The van der Waals surface area contributed by atoms with Crippen molar-refractivity contribution < 1.29 is 9.47 Å². The maximum absolute atomic E-state index is 6.17. The van der Waals surface area contributed by atoms with E-state index in [4.69, 9.17) is 9.47 Å². The van der Waals surface area contributed by atoms with Gasteiger partial charge in [-0.15, -0.1) is 11.3 Å². The summed E-state index contributed by atoms with van der Waals surface area (Å²) in [7, 11) is 5.76. The monoisotopic (exact) mass is 403 g/mol. The van der Waals surface area contributed by atoms with E-state index in [9.17, 15) is 0 Å². The van der Waals surface area contributed by atoms with Gasteiger partial charge in [0, 0.05) is 45.1 Å². The highest BCUT2D eigenvalue weighted by Crippen LogP contribution is 2.24. The first-order valence-corrected chi connectivity index (χ1v) is 10.3. The molecule has 1 unspecified atom stereocenters. The number of guanidine groups is 1. The van der Waals surface area contributed by atoms with Crippen molar-refractivity contribution in [3.05, 3.63) is 40.4 Å². The fraction of sp³-hybridized carbons (Fsp3) is 0.500. The zero-order chi connectivity index (χ0) is 19.9. The fourth-order valence-electron chi connectivity index (χ4n) is 2.86. The van der Waals surface area contributed by atoms with Crippen LogP contribution >= 0.6 is 11.3 Å². The lowest BCUT2D eigenvalue weighted by atomic mass is 10.1. The van der Waals surface area contributed by atoms with Crippen molar-refractivity contribution in [1.29, 1.82) is 0 Å². The lowest BCUT2D eigenvalue weighted by Gasteiger charge is -2.18. The number of aromatic nitrogens is 1. The number of nitrogens with zero attached hydrogens (tertiary/aromatic N) is 3. The van der Waals surface area contributed by atoms with Gasteiger partial charge in [-0.3, -0.25) is 4.99 Å². The molecule has 0 radical (unpaired) electrons. The Labute approximate surface area is 170 Å². The van der Waals surface area contributed by atoms with Gasteiger partial charge in [-0.2, -0.15) is 0 Å². The van der Waals surface area contributed by atoms with E-state index < -0.39 is 0 Å². The molecule has 8 heteroatoms. The highest BCUT2D eigenvalue weighted by Gasteiger charge is 2.18. The van der Waals surface area contributed by atoms with Crippen LogP contribution in [0.5, 0.6) is 5.75 Å². The largest absolute Gasteiger partial charge is 0.488 e. The van der Waals surface area contributed by atoms with Gasteiger partial charge >= 0.3 is 0 Å². The van der Waals surface area contributed by atoms with Crippen LogP contribution in [0.3, 0.4) is 0 Å². The molecule has 1 aromatic carbocycles. The van der Waals surface area contributed by atoms with Crippen molar-refractivity contribution in [3.8, 4) is 5.75 Å². The lowest BCUT2D eigenvalue weighted by Crippen LogP contribution is -2.36. The Balaban J connectivity index is 1.56. The third-order valence-corrected chi connectivity index (χ3v) is 5.49. The van der Waals surface area contributed by atoms with E-state index in [2.05, 4.69) is 51.1 Å². The van der Waals surface area contributed by atoms with Crippen molar-refractivity contribution >= 4 is 22.4 Å². The lowest BCUT2D eigenvalue weighted by molar-refractivity contribution is 0.140. The van der Waals surface area contributed by atoms with Crippen LogP contribution in [-0.4, -0.2) is 51.4 Å². The molecule has 0 aliphatic carbocycles. The Bertz CT molecular complexity index is 800. The van der Waals surface area contributed by atoms with Gasteiger partial charge in [0.1, 0.15) is 11.9 Å².